The van der Waals surface area contributed by atoms with Crippen LogP contribution in [0.3, 0.4) is 0 Å². The Kier molecular flexibility index (Phi) is 7.34. The summed E-state index contributed by atoms with van der Waals surface area (Å²) in [5.41, 5.74) is 6.51. The van der Waals surface area contributed by atoms with Gasteiger partial charge < -0.3 is 10.2 Å². The zero-order valence-electron chi connectivity index (χ0n) is 26.6. The molecule has 7 aromatic rings. The Hall–Kier alpha value is -6.39. The number of carbonyl (C=O) groups is 1. The first kappa shape index (κ1) is 30.0. The first-order chi connectivity index (χ1) is 24.0. The van der Waals surface area contributed by atoms with Crippen LogP contribution < -0.4 is 4.90 Å². The van der Waals surface area contributed by atoms with Gasteiger partial charge in [-0.3, -0.25) is 9.69 Å². The van der Waals surface area contributed by atoms with Crippen LogP contribution in [0, 0.1) is 0 Å². The van der Waals surface area contributed by atoms with Crippen LogP contribution in [0.15, 0.2) is 188 Å². The van der Waals surface area contributed by atoms with E-state index in [0.717, 1.165) is 38.9 Å². The molecule has 7 aromatic carbocycles. The van der Waals surface area contributed by atoms with Crippen LogP contribution in [0.1, 0.15) is 49.3 Å². The summed E-state index contributed by atoms with van der Waals surface area (Å²) >= 11 is 0. The molecule has 0 fully saturated rings. The minimum atomic E-state index is -1.08. The fourth-order valence-corrected chi connectivity index (χ4v) is 7.76. The maximum Gasteiger partial charge on any atom is 0.260 e. The number of nitrogens with zero attached hydrogens (tertiary/aromatic N) is 1. The average molecular weight is 636 g/mol. The smallest absolute Gasteiger partial charge is 0.260 e. The van der Waals surface area contributed by atoms with Crippen LogP contribution in [0.25, 0.3) is 0 Å². The molecule has 4 nitrogen and oxygen atoms in total. The molecule has 0 bridgehead atoms. The van der Waals surface area contributed by atoms with E-state index in [-0.39, 0.29) is 17.4 Å². The number of fused-ring (bicyclic) bond motifs is 1. The summed E-state index contributed by atoms with van der Waals surface area (Å²) in [7, 11) is 0. The highest BCUT2D eigenvalue weighted by Crippen LogP contribution is 2.52. The maximum absolute atomic E-state index is 14.7. The molecule has 2 N–H and O–H groups in total. The summed E-state index contributed by atoms with van der Waals surface area (Å²) in [6.07, 6.45) is 0. The van der Waals surface area contributed by atoms with Crippen molar-refractivity contribution in [3.63, 3.8) is 0 Å². The van der Waals surface area contributed by atoms with E-state index in [9.17, 15) is 15.0 Å². The highest BCUT2D eigenvalue weighted by Gasteiger charge is 2.53. The highest BCUT2D eigenvalue weighted by atomic mass is 16.3. The van der Waals surface area contributed by atoms with Crippen LogP contribution in [-0.4, -0.2) is 16.1 Å². The van der Waals surface area contributed by atoms with Crippen molar-refractivity contribution in [2.45, 2.75) is 11.0 Å². The van der Waals surface area contributed by atoms with E-state index >= 15 is 0 Å². The monoisotopic (exact) mass is 635 g/mol. The van der Waals surface area contributed by atoms with Crippen LogP contribution in [0.2, 0.25) is 0 Å². The first-order valence-corrected chi connectivity index (χ1v) is 16.3. The van der Waals surface area contributed by atoms with Crippen molar-refractivity contribution in [2.24, 2.45) is 0 Å². The van der Waals surface area contributed by atoms with Gasteiger partial charge in [0.1, 0.15) is 17.0 Å². The van der Waals surface area contributed by atoms with Gasteiger partial charge in [-0.1, -0.05) is 146 Å². The number of phenols is 2. The molecule has 4 heteroatoms. The minimum Gasteiger partial charge on any atom is -0.508 e. The van der Waals surface area contributed by atoms with Gasteiger partial charge >= 0.3 is 0 Å². The SMILES string of the molecule is O=C1c2ccccc2C(c2ccc(O)cc2)(c2ccc(O)cc2)N1c1ccc(C(c2ccccc2)(c2ccccc2)c2ccccc2)cc1. The molecule has 0 spiro atoms. The number of aromatic hydroxyl groups is 2. The predicted octanol–water partition coefficient (Wildman–Crippen LogP) is 9.43. The van der Waals surface area contributed by atoms with E-state index < -0.39 is 11.0 Å². The van der Waals surface area contributed by atoms with E-state index in [0.29, 0.717) is 11.3 Å². The van der Waals surface area contributed by atoms with E-state index in [1.54, 1.807) is 24.3 Å². The zero-order valence-corrected chi connectivity index (χ0v) is 26.6. The van der Waals surface area contributed by atoms with E-state index in [4.69, 9.17) is 0 Å². The quantitative estimate of drug-likeness (QED) is 0.172. The molecule has 0 saturated carbocycles. The van der Waals surface area contributed by atoms with E-state index in [1.807, 2.05) is 83.8 Å². The van der Waals surface area contributed by atoms with Crippen molar-refractivity contribution in [2.75, 3.05) is 4.90 Å². The average Bonchev–Trinajstić information content (AvgIpc) is 3.43. The van der Waals surface area contributed by atoms with Crippen molar-refractivity contribution >= 4 is 11.6 Å². The second-order valence-corrected chi connectivity index (χ2v) is 12.4. The van der Waals surface area contributed by atoms with Gasteiger partial charge in [0.05, 0.1) is 5.41 Å². The van der Waals surface area contributed by atoms with Gasteiger partial charge in [-0.05, 0) is 81.4 Å². The Morgan fingerprint density at radius 2 is 0.816 bits per heavy atom. The third-order valence-corrected chi connectivity index (χ3v) is 9.83. The third-order valence-electron chi connectivity index (χ3n) is 9.83. The van der Waals surface area contributed by atoms with Crippen LogP contribution in [0.5, 0.6) is 11.5 Å². The topological polar surface area (TPSA) is 60.8 Å². The number of hydrogen-bond donors (Lipinski definition) is 2. The molecule has 8 rings (SSSR count). The fourth-order valence-electron chi connectivity index (χ4n) is 7.76. The molecule has 0 aliphatic carbocycles. The largest absolute Gasteiger partial charge is 0.508 e. The molecule has 1 aliphatic heterocycles. The second-order valence-electron chi connectivity index (χ2n) is 12.4. The third kappa shape index (κ3) is 4.64. The van der Waals surface area contributed by atoms with Gasteiger partial charge in [-0.2, -0.15) is 0 Å². The molecule has 0 saturated heterocycles. The first-order valence-electron chi connectivity index (χ1n) is 16.3. The normalized spacial score (nSPS) is 13.6. The van der Waals surface area contributed by atoms with Crippen LogP contribution >= 0.6 is 0 Å². The van der Waals surface area contributed by atoms with Gasteiger partial charge in [-0.15, -0.1) is 0 Å². The van der Waals surface area contributed by atoms with Crippen LogP contribution in [-0.2, 0) is 11.0 Å². The standard InChI is InChI=1S/C45H33NO3/c47-39-28-22-36(23-29-39)45(37-24-30-40(48)31-25-37)42-19-11-10-18-41(42)43(49)46(45)38-26-20-35(21-27-38)44(32-12-4-1-5-13-32,33-14-6-2-7-15-33)34-16-8-3-9-17-34/h1-31,47-48H. The Bertz CT molecular complexity index is 2090. The molecule has 0 atom stereocenters. The van der Waals surface area contributed by atoms with Gasteiger partial charge in [0, 0.05) is 11.3 Å². The lowest BCUT2D eigenvalue weighted by atomic mass is 9.65. The Morgan fingerprint density at radius 1 is 0.429 bits per heavy atom. The molecule has 0 radical (unpaired) electrons. The second kappa shape index (κ2) is 12.0. The number of carbonyl (C=O) groups excluding carboxylic acids is 1. The molecule has 1 aliphatic rings. The molecule has 49 heavy (non-hydrogen) atoms. The van der Waals surface area contributed by atoms with Crippen LogP contribution in [0.4, 0.5) is 5.69 Å². The van der Waals surface area contributed by atoms with Gasteiger partial charge in [0.15, 0.2) is 0 Å². The number of hydrogen-bond acceptors (Lipinski definition) is 3. The van der Waals surface area contributed by atoms with E-state index in [1.165, 1.54) is 0 Å². The van der Waals surface area contributed by atoms with Crippen molar-refractivity contribution in [1.82, 2.24) is 0 Å². The number of amides is 1. The summed E-state index contributed by atoms with van der Waals surface area (Å²) in [6.45, 7) is 0. The molecule has 1 heterocycles. The Balaban J connectivity index is 1.38. The zero-order chi connectivity index (χ0) is 33.4. The number of benzene rings is 7. The highest BCUT2D eigenvalue weighted by molar-refractivity contribution is 6.13. The summed E-state index contributed by atoms with van der Waals surface area (Å²) in [6, 6.07) is 61.7. The van der Waals surface area contributed by atoms with Crippen molar-refractivity contribution in [3.8, 4) is 11.5 Å². The van der Waals surface area contributed by atoms with Crippen molar-refractivity contribution in [3.05, 3.63) is 233 Å². The van der Waals surface area contributed by atoms with E-state index in [2.05, 4.69) is 84.9 Å². The molecular weight excluding hydrogens is 602 g/mol. The van der Waals surface area contributed by atoms with Gasteiger partial charge in [0.25, 0.3) is 5.91 Å². The number of phenolic OH excluding ortho intramolecular Hbond substituents is 2. The lowest BCUT2D eigenvalue weighted by Gasteiger charge is -2.41. The number of anilines is 1. The summed E-state index contributed by atoms with van der Waals surface area (Å²) in [5.74, 6) is 0.138. The van der Waals surface area contributed by atoms with Crippen molar-refractivity contribution in [1.29, 1.82) is 0 Å². The van der Waals surface area contributed by atoms with Crippen molar-refractivity contribution < 1.29 is 15.0 Å². The summed E-state index contributed by atoms with van der Waals surface area (Å²) < 4.78 is 0. The Morgan fingerprint density at radius 3 is 1.27 bits per heavy atom. The van der Waals surface area contributed by atoms with Gasteiger partial charge in [0.2, 0.25) is 0 Å². The number of rotatable bonds is 7. The maximum atomic E-state index is 14.7. The molecule has 236 valence electrons. The lowest BCUT2D eigenvalue weighted by molar-refractivity contribution is 0.0986. The Labute approximate surface area is 285 Å². The predicted molar refractivity (Wildman–Crippen MR) is 194 cm³/mol. The fraction of sp³-hybridized carbons (Fsp3) is 0.0444. The molecule has 0 aromatic heterocycles. The summed E-state index contributed by atoms with van der Waals surface area (Å²) in [5, 5.41) is 20.6. The molecular formula is C45H33NO3. The summed E-state index contributed by atoms with van der Waals surface area (Å²) in [4.78, 5) is 16.5. The molecule has 1 amide bonds. The van der Waals surface area contributed by atoms with Gasteiger partial charge in [-0.25, -0.2) is 0 Å². The molecule has 0 unspecified atom stereocenters. The minimum absolute atomic E-state index is 0.134. The lowest BCUT2D eigenvalue weighted by Crippen LogP contribution is -2.46.